The number of halogens is 5. The average Bonchev–Trinajstić information content (AvgIpc) is 2.73. The molecule has 9 heteroatoms. The number of benzene rings is 1. The topological polar surface area (TPSA) is 60.5 Å². The summed E-state index contributed by atoms with van der Waals surface area (Å²) in [5, 5.41) is 0. The van der Waals surface area contributed by atoms with Gasteiger partial charge in [-0.05, 0) is 30.3 Å². The Morgan fingerprint density at radius 2 is 1.85 bits per heavy atom. The number of nitrogens with zero attached hydrogens (tertiary/aromatic N) is 2. The zero-order valence-electron chi connectivity index (χ0n) is 13.1. The molecule has 0 radical (unpaired) electrons. The van der Waals surface area contributed by atoms with Crippen molar-refractivity contribution >= 4 is 11.4 Å². The lowest BCUT2D eigenvalue weighted by Crippen LogP contribution is -2.14. The van der Waals surface area contributed by atoms with E-state index in [1.54, 1.807) is 12.1 Å². The first-order chi connectivity index (χ1) is 12.3. The summed E-state index contributed by atoms with van der Waals surface area (Å²) in [4.78, 5) is 8.22. The van der Waals surface area contributed by atoms with E-state index in [9.17, 15) is 22.0 Å². The molecule has 2 heterocycles. The molecule has 0 unspecified atom stereocenters. The maximum Gasteiger partial charge on any atom is 0.416 e. The summed E-state index contributed by atoms with van der Waals surface area (Å²) in [6.07, 6.45) is -0.172. The number of pyridine rings is 1. The fraction of sp³-hybridized carbons (Fsp3) is 0.176. The molecule has 0 aliphatic carbocycles. The maximum atomic E-state index is 12.9. The van der Waals surface area contributed by atoms with Gasteiger partial charge < -0.3 is 10.5 Å². The molecule has 0 saturated heterocycles. The highest BCUT2D eigenvalue weighted by molar-refractivity contribution is 6.17. The van der Waals surface area contributed by atoms with Gasteiger partial charge in [0.15, 0.2) is 0 Å². The minimum Gasteiger partial charge on any atom is -0.434 e. The lowest BCUT2D eigenvalue weighted by Gasteiger charge is -2.16. The average molecular weight is 369 g/mol. The summed E-state index contributed by atoms with van der Waals surface area (Å²) >= 11 is 0. The second kappa shape index (κ2) is 6.74. The smallest absolute Gasteiger partial charge is 0.416 e. The van der Waals surface area contributed by atoms with Gasteiger partial charge in [0.25, 0.3) is 0 Å². The molecular weight excluding hydrogens is 357 g/mol. The van der Waals surface area contributed by atoms with Gasteiger partial charge in [0.2, 0.25) is 0 Å². The Bertz CT molecular complexity index is 890. The first-order valence-corrected chi connectivity index (χ1v) is 7.38. The van der Waals surface area contributed by atoms with E-state index in [1.165, 1.54) is 12.4 Å². The Balaban J connectivity index is 2.17. The number of ether oxygens (including phenoxy) is 1. The highest BCUT2D eigenvalue weighted by Crippen LogP contribution is 2.35. The van der Waals surface area contributed by atoms with E-state index in [2.05, 4.69) is 14.7 Å². The molecule has 0 bridgehead atoms. The Kier molecular flexibility index (Phi) is 4.62. The largest absolute Gasteiger partial charge is 0.434 e. The number of alkyl halides is 5. The van der Waals surface area contributed by atoms with Crippen LogP contribution in [0.2, 0.25) is 0 Å². The second-order valence-electron chi connectivity index (χ2n) is 5.36. The van der Waals surface area contributed by atoms with Crippen LogP contribution in [-0.4, -0.2) is 23.9 Å². The van der Waals surface area contributed by atoms with Crippen molar-refractivity contribution in [3.8, 4) is 5.75 Å². The molecule has 0 amide bonds. The molecule has 26 heavy (non-hydrogen) atoms. The highest BCUT2D eigenvalue weighted by atomic mass is 19.4. The fourth-order valence-electron chi connectivity index (χ4n) is 2.58. The van der Waals surface area contributed by atoms with Gasteiger partial charge in [-0.2, -0.15) is 22.0 Å². The monoisotopic (exact) mass is 369 g/mol. The van der Waals surface area contributed by atoms with Crippen LogP contribution >= 0.6 is 0 Å². The molecule has 0 fully saturated rings. The zero-order valence-corrected chi connectivity index (χ0v) is 13.1. The Morgan fingerprint density at radius 1 is 1.08 bits per heavy atom. The molecule has 3 rings (SSSR count). The number of aliphatic imine (C=N–C) groups is 1. The van der Waals surface area contributed by atoms with E-state index < -0.39 is 24.1 Å². The van der Waals surface area contributed by atoms with E-state index >= 15 is 0 Å². The van der Waals surface area contributed by atoms with Crippen molar-refractivity contribution in [3.05, 3.63) is 65.0 Å². The van der Waals surface area contributed by atoms with Crippen molar-refractivity contribution in [2.75, 3.05) is 6.54 Å². The van der Waals surface area contributed by atoms with Gasteiger partial charge >= 0.3 is 12.8 Å². The van der Waals surface area contributed by atoms with E-state index in [0.29, 0.717) is 22.9 Å². The Morgan fingerprint density at radius 3 is 2.54 bits per heavy atom. The van der Waals surface area contributed by atoms with Gasteiger partial charge in [0.05, 0.1) is 17.8 Å². The quantitative estimate of drug-likeness (QED) is 0.836. The van der Waals surface area contributed by atoms with Crippen molar-refractivity contribution in [3.63, 3.8) is 0 Å². The van der Waals surface area contributed by atoms with Gasteiger partial charge in [-0.1, -0.05) is 0 Å². The number of rotatable bonds is 3. The molecule has 1 aliphatic rings. The van der Waals surface area contributed by atoms with Crippen LogP contribution in [0.4, 0.5) is 22.0 Å². The molecule has 136 valence electrons. The summed E-state index contributed by atoms with van der Waals surface area (Å²) in [7, 11) is 0. The van der Waals surface area contributed by atoms with E-state index in [1.807, 2.05) is 0 Å². The number of hydrogen-bond acceptors (Lipinski definition) is 4. The predicted octanol–water partition coefficient (Wildman–Crippen LogP) is 3.85. The molecule has 0 spiro atoms. The molecule has 1 aromatic heterocycles. The van der Waals surface area contributed by atoms with Gasteiger partial charge in [-0.15, -0.1) is 0 Å². The molecule has 1 aromatic carbocycles. The molecule has 1 aliphatic heterocycles. The summed E-state index contributed by atoms with van der Waals surface area (Å²) in [6.45, 7) is -3.16. The number of fused-ring (bicyclic) bond motifs is 1. The first kappa shape index (κ1) is 17.8. The van der Waals surface area contributed by atoms with Crippen molar-refractivity contribution < 1.29 is 26.7 Å². The molecule has 0 atom stereocenters. The number of nitrogens with two attached hydrogens (primary N) is 1. The highest BCUT2D eigenvalue weighted by Gasteiger charge is 2.32. The molecular formula is C17H12F5N3O. The predicted molar refractivity (Wildman–Crippen MR) is 85.0 cm³/mol. The Labute approximate surface area is 144 Å². The molecule has 0 saturated carbocycles. The van der Waals surface area contributed by atoms with Crippen molar-refractivity contribution in [2.24, 2.45) is 10.7 Å². The second-order valence-corrected chi connectivity index (χ2v) is 5.36. The minimum absolute atomic E-state index is 0.00403. The van der Waals surface area contributed by atoms with Crippen LogP contribution in [0.15, 0.2) is 47.7 Å². The number of aromatic nitrogens is 1. The third-order valence-electron chi connectivity index (χ3n) is 3.73. The van der Waals surface area contributed by atoms with Gasteiger partial charge in [0, 0.05) is 34.8 Å². The van der Waals surface area contributed by atoms with E-state index in [0.717, 1.165) is 12.1 Å². The van der Waals surface area contributed by atoms with Crippen LogP contribution in [0.5, 0.6) is 5.75 Å². The summed E-state index contributed by atoms with van der Waals surface area (Å²) in [6, 6.07) is 3.98. The summed E-state index contributed by atoms with van der Waals surface area (Å²) in [5.74, 6) is -0.621. The lowest BCUT2D eigenvalue weighted by atomic mass is 9.96. The SMILES string of the molecule is NC1=CCN=C(c2ccc(C(F)(F)F)cc2OC(F)F)c2cnccc21. The van der Waals surface area contributed by atoms with Crippen LogP contribution in [0.25, 0.3) is 5.70 Å². The normalized spacial score (nSPS) is 14.4. The first-order valence-electron chi connectivity index (χ1n) is 7.38. The van der Waals surface area contributed by atoms with Gasteiger partial charge in [-0.25, -0.2) is 0 Å². The van der Waals surface area contributed by atoms with Crippen LogP contribution in [0.1, 0.15) is 22.3 Å². The van der Waals surface area contributed by atoms with Crippen molar-refractivity contribution in [2.45, 2.75) is 12.8 Å². The Hall–Kier alpha value is -2.97. The lowest BCUT2D eigenvalue weighted by molar-refractivity contribution is -0.138. The molecule has 4 nitrogen and oxygen atoms in total. The maximum absolute atomic E-state index is 12.9. The third-order valence-corrected chi connectivity index (χ3v) is 3.73. The van der Waals surface area contributed by atoms with Crippen molar-refractivity contribution in [1.82, 2.24) is 4.98 Å². The van der Waals surface area contributed by atoms with Crippen LogP contribution in [0, 0.1) is 0 Å². The van der Waals surface area contributed by atoms with E-state index in [-0.39, 0.29) is 17.8 Å². The molecule has 2 N–H and O–H groups in total. The van der Waals surface area contributed by atoms with Crippen molar-refractivity contribution in [1.29, 1.82) is 0 Å². The minimum atomic E-state index is -4.70. The third kappa shape index (κ3) is 3.51. The van der Waals surface area contributed by atoms with Crippen LogP contribution in [-0.2, 0) is 6.18 Å². The summed E-state index contributed by atoms with van der Waals surface area (Å²) < 4.78 is 68.6. The summed E-state index contributed by atoms with van der Waals surface area (Å²) in [5.41, 5.74) is 6.39. The molecule has 2 aromatic rings. The number of hydrogen-bond donors (Lipinski definition) is 1. The van der Waals surface area contributed by atoms with E-state index in [4.69, 9.17) is 5.73 Å². The van der Waals surface area contributed by atoms with Crippen LogP contribution in [0.3, 0.4) is 0 Å². The zero-order chi connectivity index (χ0) is 18.9. The van der Waals surface area contributed by atoms with Gasteiger partial charge in [0.1, 0.15) is 5.75 Å². The van der Waals surface area contributed by atoms with Gasteiger partial charge in [-0.3, -0.25) is 9.98 Å². The fourth-order valence-corrected chi connectivity index (χ4v) is 2.58. The standard InChI is InChI=1S/C17H12F5N3O/c18-16(19)26-14-7-9(17(20,21)22)1-2-11(14)15-12-8-24-5-3-10(12)13(23)4-6-25-15/h1-5,7-8,16H,6,23H2. The van der Waals surface area contributed by atoms with Crippen LogP contribution < -0.4 is 10.5 Å².